The molecule has 0 amide bonds. The maximum atomic E-state index is 13.7. The third kappa shape index (κ3) is 4.05. The highest BCUT2D eigenvalue weighted by atomic mass is 32.2. The van der Waals surface area contributed by atoms with Crippen molar-refractivity contribution in [3.63, 3.8) is 0 Å². The lowest BCUT2D eigenvalue weighted by molar-refractivity contribution is -0.458. The first-order valence-electron chi connectivity index (χ1n) is 6.80. The van der Waals surface area contributed by atoms with Gasteiger partial charge in [-0.1, -0.05) is 6.92 Å². The zero-order valence-electron chi connectivity index (χ0n) is 12.4. The maximum Gasteiger partial charge on any atom is 0.459 e. The van der Waals surface area contributed by atoms with E-state index in [-0.39, 0.29) is 26.2 Å². The van der Waals surface area contributed by atoms with E-state index in [1.54, 1.807) is 0 Å². The van der Waals surface area contributed by atoms with Gasteiger partial charge in [-0.25, -0.2) is 4.31 Å². The van der Waals surface area contributed by atoms with Crippen LogP contribution in [0.3, 0.4) is 0 Å². The van der Waals surface area contributed by atoms with Gasteiger partial charge in [0, 0.05) is 38.1 Å². The molecule has 0 spiro atoms. The minimum Gasteiger partial charge on any atom is -0.301 e. The summed E-state index contributed by atoms with van der Waals surface area (Å²) in [5.41, 5.74) is 0. The summed E-state index contributed by atoms with van der Waals surface area (Å²) in [5, 5.41) is -5.52. The second kappa shape index (κ2) is 7.46. The number of rotatable bonds is 7. The van der Waals surface area contributed by atoms with Crippen LogP contribution in [-0.4, -0.2) is 65.1 Å². The molecule has 0 aliphatic carbocycles. The van der Waals surface area contributed by atoms with Crippen LogP contribution in [0.2, 0.25) is 0 Å². The fourth-order valence-electron chi connectivity index (χ4n) is 2.04. The predicted molar refractivity (Wildman–Crippen MR) is 67.9 cm³/mol. The molecule has 3 nitrogen and oxygen atoms in total. The van der Waals surface area contributed by atoms with Crippen LogP contribution < -0.4 is 0 Å². The van der Waals surface area contributed by atoms with E-state index in [1.807, 2.05) is 16.8 Å². The SMILES string of the molecule is CCCN1CCN(SC(F)(F)C(F)(OF)C(F)(F)C(F)(F)F)CC1. The van der Waals surface area contributed by atoms with Gasteiger partial charge in [0.1, 0.15) is 0 Å². The zero-order valence-corrected chi connectivity index (χ0v) is 13.2. The number of nitrogens with zero attached hydrogens (tertiary/aromatic N) is 2. The van der Waals surface area contributed by atoms with Gasteiger partial charge in [-0.15, -0.1) is 4.94 Å². The molecule has 1 fully saturated rings. The van der Waals surface area contributed by atoms with Crippen molar-refractivity contribution in [2.75, 3.05) is 32.7 Å². The number of hydrogen-bond donors (Lipinski definition) is 0. The van der Waals surface area contributed by atoms with Crippen molar-refractivity contribution >= 4 is 11.9 Å². The molecule has 0 N–H and O–H groups in total. The lowest BCUT2D eigenvalue weighted by Crippen LogP contribution is -2.63. The highest BCUT2D eigenvalue weighted by molar-refractivity contribution is 7.98. The quantitative estimate of drug-likeness (QED) is 0.479. The smallest absolute Gasteiger partial charge is 0.301 e. The minimum atomic E-state index is -6.77. The van der Waals surface area contributed by atoms with Crippen LogP contribution >= 0.6 is 11.9 Å². The maximum absolute atomic E-state index is 13.7. The van der Waals surface area contributed by atoms with E-state index in [2.05, 4.69) is 0 Å². The second-order valence-corrected chi connectivity index (χ2v) is 6.33. The largest absolute Gasteiger partial charge is 0.459 e. The number of alkyl halides is 8. The van der Waals surface area contributed by atoms with Crippen LogP contribution in [0.5, 0.6) is 0 Å². The van der Waals surface area contributed by atoms with E-state index in [0.29, 0.717) is 10.8 Å². The molecular formula is C11H15F9N2OS. The average Bonchev–Trinajstić information content (AvgIpc) is 2.46. The van der Waals surface area contributed by atoms with E-state index < -0.39 is 35.2 Å². The third-order valence-corrected chi connectivity index (χ3v) is 4.47. The van der Waals surface area contributed by atoms with Crippen LogP contribution in [0.25, 0.3) is 0 Å². The summed E-state index contributed by atoms with van der Waals surface area (Å²) >= 11 is -0.929. The van der Waals surface area contributed by atoms with E-state index in [1.165, 1.54) is 0 Å². The van der Waals surface area contributed by atoms with Crippen molar-refractivity contribution in [1.29, 1.82) is 0 Å². The highest BCUT2D eigenvalue weighted by Gasteiger charge is 2.83. The molecule has 1 aliphatic heterocycles. The molecule has 0 aromatic heterocycles. The Labute approximate surface area is 136 Å². The molecule has 1 saturated heterocycles. The van der Waals surface area contributed by atoms with Gasteiger partial charge >= 0.3 is 23.2 Å². The van der Waals surface area contributed by atoms with Crippen LogP contribution in [0.15, 0.2) is 0 Å². The van der Waals surface area contributed by atoms with Crippen molar-refractivity contribution in [1.82, 2.24) is 9.21 Å². The van der Waals surface area contributed by atoms with E-state index in [0.717, 1.165) is 6.42 Å². The number of piperazine rings is 1. The van der Waals surface area contributed by atoms with E-state index >= 15 is 0 Å². The first kappa shape index (κ1) is 21.6. The Bertz CT molecular complexity index is 415. The van der Waals surface area contributed by atoms with E-state index in [9.17, 15) is 39.6 Å². The second-order valence-electron chi connectivity index (χ2n) is 5.12. The number of hydrogen-bond acceptors (Lipinski definition) is 4. The van der Waals surface area contributed by atoms with Crippen LogP contribution in [0.1, 0.15) is 13.3 Å². The molecule has 1 rings (SSSR count). The van der Waals surface area contributed by atoms with Gasteiger partial charge in [0.2, 0.25) is 0 Å². The van der Waals surface area contributed by atoms with Gasteiger partial charge in [-0.05, 0) is 17.5 Å². The molecule has 0 radical (unpaired) electrons. The summed E-state index contributed by atoms with van der Waals surface area (Å²) < 4.78 is 116. The van der Waals surface area contributed by atoms with Crippen LogP contribution in [0.4, 0.5) is 39.6 Å². The predicted octanol–water partition coefficient (Wildman–Crippen LogP) is 4.02. The Morgan fingerprint density at radius 3 is 1.79 bits per heavy atom. The van der Waals surface area contributed by atoms with Gasteiger partial charge < -0.3 is 4.90 Å². The molecule has 1 atom stereocenters. The Balaban J connectivity index is 2.89. The fraction of sp³-hybridized carbons (Fsp3) is 1.00. The summed E-state index contributed by atoms with van der Waals surface area (Å²) in [6, 6.07) is 0. The Morgan fingerprint density at radius 2 is 1.42 bits per heavy atom. The minimum absolute atomic E-state index is 0.153. The first-order valence-corrected chi connectivity index (χ1v) is 7.57. The summed E-state index contributed by atoms with van der Waals surface area (Å²) in [4.78, 5) is 3.69. The Hall–Kier alpha value is -0.400. The van der Waals surface area contributed by atoms with Gasteiger partial charge in [0.15, 0.2) is 0 Å². The molecule has 0 aromatic carbocycles. The highest BCUT2D eigenvalue weighted by Crippen LogP contribution is 2.57. The monoisotopic (exact) mass is 394 g/mol. The fourth-order valence-corrected chi connectivity index (χ4v) is 2.99. The van der Waals surface area contributed by atoms with Crippen molar-refractivity contribution < 1.29 is 44.6 Å². The molecule has 24 heavy (non-hydrogen) atoms. The lowest BCUT2D eigenvalue weighted by atomic mass is 10.1. The molecule has 1 heterocycles. The molecule has 0 saturated carbocycles. The molecule has 1 aliphatic rings. The summed E-state index contributed by atoms with van der Waals surface area (Å²) in [7, 11) is 0. The molecule has 144 valence electrons. The number of halogens is 9. The van der Waals surface area contributed by atoms with Crippen LogP contribution in [0, 0.1) is 0 Å². The van der Waals surface area contributed by atoms with E-state index in [4.69, 9.17) is 0 Å². The summed E-state index contributed by atoms with van der Waals surface area (Å²) in [6.07, 6.45) is -6.00. The van der Waals surface area contributed by atoms with Gasteiger partial charge in [-0.3, -0.25) is 0 Å². The molecule has 0 bridgehead atoms. The Kier molecular flexibility index (Phi) is 6.73. The van der Waals surface area contributed by atoms with Gasteiger partial charge in [0.25, 0.3) is 0 Å². The van der Waals surface area contributed by atoms with Crippen molar-refractivity contribution in [2.45, 2.75) is 36.6 Å². The summed E-state index contributed by atoms with van der Waals surface area (Å²) in [5.74, 6) is -12.9. The first-order chi connectivity index (χ1) is 10.8. The summed E-state index contributed by atoms with van der Waals surface area (Å²) in [6.45, 7) is 2.65. The standard InChI is InChI=1S/C11H15F9N2OS/c1-2-3-21-4-6-22(7-5-21)24-11(18,19)9(14,23-20)8(12,13)10(15,16)17/h2-7H2,1H3. The molecule has 13 heteroatoms. The molecule has 0 aromatic rings. The zero-order chi connectivity index (χ0) is 18.8. The van der Waals surface area contributed by atoms with Gasteiger partial charge in [0.05, 0.1) is 0 Å². The van der Waals surface area contributed by atoms with Crippen molar-refractivity contribution in [2.24, 2.45) is 0 Å². The van der Waals surface area contributed by atoms with Gasteiger partial charge in [-0.2, -0.15) is 35.1 Å². The average molecular weight is 394 g/mol. The molecular weight excluding hydrogens is 379 g/mol. The lowest BCUT2D eigenvalue weighted by Gasteiger charge is -2.39. The molecule has 1 unspecified atom stereocenters. The normalized spacial score (nSPS) is 21.8. The topological polar surface area (TPSA) is 15.7 Å². The Morgan fingerprint density at radius 1 is 0.917 bits per heavy atom. The third-order valence-electron chi connectivity index (χ3n) is 3.36. The van der Waals surface area contributed by atoms with Crippen molar-refractivity contribution in [3.05, 3.63) is 0 Å². The van der Waals surface area contributed by atoms with Crippen molar-refractivity contribution in [3.8, 4) is 0 Å². The van der Waals surface area contributed by atoms with Crippen LogP contribution in [-0.2, 0) is 4.94 Å².